The van der Waals surface area contributed by atoms with Gasteiger partial charge in [-0.2, -0.15) is 5.10 Å². The van der Waals surface area contributed by atoms with Gasteiger partial charge in [-0.3, -0.25) is 0 Å². The van der Waals surface area contributed by atoms with Crippen LogP contribution in [0.3, 0.4) is 0 Å². The second kappa shape index (κ2) is 4.39. The summed E-state index contributed by atoms with van der Waals surface area (Å²) in [5, 5.41) is 5.33. The molecule has 0 bridgehead atoms. The third-order valence-corrected chi connectivity index (χ3v) is 2.28. The number of furan rings is 1. The molecular weight excluding hydrogens is 200 g/mol. The molecule has 0 aliphatic carbocycles. The van der Waals surface area contributed by atoms with Gasteiger partial charge in [0.05, 0.1) is 12.5 Å². The standard InChI is InChI=1S/C10H8N2O.C3H8/c1-7-6-11-12-4-2-8-3-5-13-10(8)9(7)12;1-3-2/h2-6H,1H3;3H2,1-2H3. The van der Waals surface area contributed by atoms with Gasteiger partial charge in [-0.25, -0.2) is 4.52 Å². The van der Waals surface area contributed by atoms with Gasteiger partial charge in [0.15, 0.2) is 5.58 Å². The average Bonchev–Trinajstić information content (AvgIpc) is 2.85. The second-order valence-corrected chi connectivity index (χ2v) is 3.85. The van der Waals surface area contributed by atoms with Gasteiger partial charge < -0.3 is 4.42 Å². The molecule has 3 heteroatoms. The summed E-state index contributed by atoms with van der Waals surface area (Å²) in [5.41, 5.74) is 3.11. The molecule has 0 atom stereocenters. The predicted octanol–water partition coefficient (Wildman–Crippen LogP) is 3.81. The van der Waals surface area contributed by atoms with Crippen LogP contribution >= 0.6 is 0 Å². The van der Waals surface area contributed by atoms with Crippen LogP contribution in [0.2, 0.25) is 0 Å². The fourth-order valence-corrected chi connectivity index (χ4v) is 1.64. The van der Waals surface area contributed by atoms with Gasteiger partial charge in [0.1, 0.15) is 5.52 Å². The maximum Gasteiger partial charge on any atom is 0.159 e. The van der Waals surface area contributed by atoms with E-state index in [0.717, 1.165) is 22.0 Å². The van der Waals surface area contributed by atoms with E-state index in [4.69, 9.17) is 4.42 Å². The molecule has 0 aliphatic rings. The van der Waals surface area contributed by atoms with Crippen molar-refractivity contribution in [3.8, 4) is 0 Å². The Balaban J connectivity index is 0.000000292. The van der Waals surface area contributed by atoms with Gasteiger partial charge in [-0.05, 0) is 24.6 Å². The van der Waals surface area contributed by atoms with Crippen LogP contribution in [0.15, 0.2) is 35.2 Å². The highest BCUT2D eigenvalue weighted by Gasteiger charge is 2.06. The quantitative estimate of drug-likeness (QED) is 0.572. The zero-order valence-corrected chi connectivity index (χ0v) is 9.90. The summed E-state index contributed by atoms with van der Waals surface area (Å²) < 4.78 is 7.24. The van der Waals surface area contributed by atoms with Crippen molar-refractivity contribution in [2.75, 3.05) is 0 Å². The Hall–Kier alpha value is -1.77. The Bertz CT molecular complexity index is 592. The molecule has 0 saturated heterocycles. The second-order valence-electron chi connectivity index (χ2n) is 3.85. The molecule has 3 aromatic rings. The van der Waals surface area contributed by atoms with E-state index in [-0.39, 0.29) is 0 Å². The first-order valence-electron chi connectivity index (χ1n) is 5.58. The number of aromatic nitrogens is 2. The lowest BCUT2D eigenvalue weighted by Crippen LogP contribution is -1.84. The zero-order chi connectivity index (χ0) is 11.5. The number of hydrogen-bond acceptors (Lipinski definition) is 2. The van der Waals surface area contributed by atoms with Crippen molar-refractivity contribution in [2.45, 2.75) is 27.2 Å². The smallest absolute Gasteiger partial charge is 0.159 e. The summed E-state index contributed by atoms with van der Waals surface area (Å²) in [4.78, 5) is 0. The first-order chi connectivity index (χ1) is 7.77. The van der Waals surface area contributed by atoms with E-state index in [2.05, 4.69) is 18.9 Å². The summed E-state index contributed by atoms with van der Waals surface area (Å²) in [7, 11) is 0. The minimum absolute atomic E-state index is 0.914. The summed E-state index contributed by atoms with van der Waals surface area (Å²) in [5.74, 6) is 0. The van der Waals surface area contributed by atoms with E-state index < -0.39 is 0 Å². The maximum absolute atomic E-state index is 5.41. The third-order valence-electron chi connectivity index (χ3n) is 2.28. The van der Waals surface area contributed by atoms with Crippen LogP contribution in [-0.2, 0) is 0 Å². The van der Waals surface area contributed by atoms with E-state index in [1.807, 2.05) is 36.0 Å². The minimum atomic E-state index is 0.914. The van der Waals surface area contributed by atoms with Crippen molar-refractivity contribution in [1.82, 2.24) is 9.61 Å². The highest BCUT2D eigenvalue weighted by atomic mass is 16.3. The Morgan fingerprint density at radius 3 is 2.81 bits per heavy atom. The van der Waals surface area contributed by atoms with Gasteiger partial charge in [0.2, 0.25) is 0 Å². The number of aryl methyl sites for hydroxylation is 1. The lowest BCUT2D eigenvalue weighted by atomic mass is 10.2. The van der Waals surface area contributed by atoms with Crippen LogP contribution < -0.4 is 0 Å². The highest BCUT2D eigenvalue weighted by molar-refractivity contribution is 5.92. The van der Waals surface area contributed by atoms with Gasteiger partial charge in [-0.1, -0.05) is 20.3 Å². The molecule has 16 heavy (non-hydrogen) atoms. The maximum atomic E-state index is 5.41. The van der Waals surface area contributed by atoms with Crippen molar-refractivity contribution in [1.29, 1.82) is 0 Å². The summed E-state index contributed by atoms with van der Waals surface area (Å²) in [6.45, 7) is 6.28. The van der Waals surface area contributed by atoms with Crippen molar-refractivity contribution in [2.24, 2.45) is 0 Å². The van der Waals surface area contributed by atoms with Crippen LogP contribution in [0.5, 0.6) is 0 Å². The Morgan fingerprint density at radius 1 is 1.31 bits per heavy atom. The molecule has 0 radical (unpaired) electrons. The number of rotatable bonds is 0. The first-order valence-corrected chi connectivity index (χ1v) is 5.58. The molecule has 0 saturated carbocycles. The van der Waals surface area contributed by atoms with Crippen LogP contribution in [0, 0.1) is 6.92 Å². The van der Waals surface area contributed by atoms with E-state index in [1.165, 1.54) is 6.42 Å². The lowest BCUT2D eigenvalue weighted by molar-refractivity contribution is 0.617. The molecule has 0 aliphatic heterocycles. The first kappa shape index (κ1) is 10.7. The monoisotopic (exact) mass is 216 g/mol. The summed E-state index contributed by atoms with van der Waals surface area (Å²) >= 11 is 0. The molecule has 3 heterocycles. The molecule has 0 N–H and O–H groups in total. The molecule has 0 fully saturated rings. The van der Waals surface area contributed by atoms with Crippen LogP contribution in [0.25, 0.3) is 16.5 Å². The topological polar surface area (TPSA) is 30.4 Å². The SMILES string of the molecule is CCC.Cc1cnn2ccc3ccoc3c12. The van der Waals surface area contributed by atoms with Crippen LogP contribution in [0.1, 0.15) is 25.8 Å². The number of nitrogens with zero attached hydrogens (tertiary/aromatic N) is 2. The van der Waals surface area contributed by atoms with E-state index in [0.29, 0.717) is 0 Å². The Kier molecular flexibility index (Phi) is 2.95. The molecule has 0 unspecified atom stereocenters. The van der Waals surface area contributed by atoms with Crippen LogP contribution in [0.4, 0.5) is 0 Å². The minimum Gasteiger partial charge on any atom is -0.462 e. The van der Waals surface area contributed by atoms with Gasteiger partial charge in [-0.15, -0.1) is 0 Å². The van der Waals surface area contributed by atoms with E-state index in [9.17, 15) is 0 Å². The Morgan fingerprint density at radius 2 is 2.06 bits per heavy atom. The molecule has 0 aromatic carbocycles. The van der Waals surface area contributed by atoms with E-state index >= 15 is 0 Å². The largest absolute Gasteiger partial charge is 0.462 e. The molecule has 0 spiro atoms. The molecule has 3 rings (SSSR count). The molecular formula is C13H16N2O. The number of fused-ring (bicyclic) bond motifs is 3. The molecule has 3 nitrogen and oxygen atoms in total. The summed E-state index contributed by atoms with van der Waals surface area (Å²) in [6, 6.07) is 3.96. The predicted molar refractivity (Wildman–Crippen MR) is 65.7 cm³/mol. The van der Waals surface area contributed by atoms with Crippen molar-refractivity contribution >= 4 is 16.5 Å². The van der Waals surface area contributed by atoms with Gasteiger partial charge in [0, 0.05) is 11.6 Å². The fraction of sp³-hybridized carbons (Fsp3) is 0.308. The average molecular weight is 216 g/mol. The van der Waals surface area contributed by atoms with Crippen LogP contribution in [-0.4, -0.2) is 9.61 Å². The van der Waals surface area contributed by atoms with Crippen molar-refractivity contribution in [3.63, 3.8) is 0 Å². The van der Waals surface area contributed by atoms with E-state index in [1.54, 1.807) is 6.26 Å². The fourth-order valence-electron chi connectivity index (χ4n) is 1.64. The van der Waals surface area contributed by atoms with Crippen molar-refractivity contribution in [3.05, 3.63) is 36.4 Å². The number of pyridine rings is 1. The third kappa shape index (κ3) is 1.69. The summed E-state index contributed by atoms with van der Waals surface area (Å²) in [6.07, 6.45) is 6.74. The van der Waals surface area contributed by atoms with Crippen molar-refractivity contribution < 1.29 is 4.42 Å². The molecule has 84 valence electrons. The van der Waals surface area contributed by atoms with Gasteiger partial charge in [0.25, 0.3) is 0 Å². The van der Waals surface area contributed by atoms with Gasteiger partial charge >= 0.3 is 0 Å². The number of hydrogen-bond donors (Lipinski definition) is 0. The molecule has 0 amide bonds. The zero-order valence-electron chi connectivity index (χ0n) is 9.90. The molecule has 3 aromatic heterocycles. The normalized spacial score (nSPS) is 10.4. The lowest BCUT2D eigenvalue weighted by Gasteiger charge is -1.94. The highest BCUT2D eigenvalue weighted by Crippen LogP contribution is 2.22. The Labute approximate surface area is 94.7 Å².